The first-order chi connectivity index (χ1) is 16.5. The first-order valence-electron chi connectivity index (χ1n) is 12.4. The van der Waals surface area contributed by atoms with E-state index in [9.17, 15) is 14.7 Å². The number of carbonyl (C=O) groups is 2. The smallest absolute Gasteiger partial charge is 0.251 e. The fourth-order valence-corrected chi connectivity index (χ4v) is 5.51. The van der Waals surface area contributed by atoms with Crippen LogP contribution < -0.4 is 11.1 Å². The number of primary amides is 1. The summed E-state index contributed by atoms with van der Waals surface area (Å²) in [5.41, 5.74) is 5.86. The van der Waals surface area contributed by atoms with Gasteiger partial charge in [0.05, 0.1) is 34.3 Å². The number of hydrogen-bond donors (Lipinski definition) is 3. The van der Waals surface area contributed by atoms with E-state index in [2.05, 4.69) is 10.4 Å². The standard InChI is InChI=1S/C26H32F2N4O3/c1-26(2)11-19-21(20(34)12-26)18(9-13-3-4-13)31-32(19)24-17(27)10-16(25(29)35)23(22(24)28)30-14-5-7-15(33)8-6-14/h10,13-15,30,33H,3-9,11-12H2,1-2H3,(H2,29,35). The fraction of sp³-hybridized carbons (Fsp3) is 0.577. The van der Waals surface area contributed by atoms with E-state index in [1.165, 1.54) is 4.68 Å². The summed E-state index contributed by atoms with van der Waals surface area (Å²) in [5.74, 6) is -2.47. The average Bonchev–Trinajstić information content (AvgIpc) is 3.51. The van der Waals surface area contributed by atoms with Crippen molar-refractivity contribution in [2.45, 2.75) is 83.8 Å². The summed E-state index contributed by atoms with van der Waals surface area (Å²) in [7, 11) is 0. The van der Waals surface area contributed by atoms with E-state index in [0.29, 0.717) is 67.8 Å². The van der Waals surface area contributed by atoms with E-state index in [4.69, 9.17) is 5.73 Å². The molecule has 2 fully saturated rings. The first kappa shape index (κ1) is 23.9. The third kappa shape index (κ3) is 4.58. The van der Waals surface area contributed by atoms with Crippen molar-refractivity contribution in [3.63, 3.8) is 0 Å². The third-order valence-electron chi connectivity index (χ3n) is 7.51. The largest absolute Gasteiger partial charge is 0.393 e. The maximum Gasteiger partial charge on any atom is 0.251 e. The van der Waals surface area contributed by atoms with E-state index < -0.39 is 29.3 Å². The van der Waals surface area contributed by atoms with Crippen LogP contribution in [0.2, 0.25) is 0 Å². The summed E-state index contributed by atoms with van der Waals surface area (Å²) in [4.78, 5) is 25.2. The number of ketones is 1. The second-order valence-corrected chi connectivity index (χ2v) is 11.2. The van der Waals surface area contributed by atoms with Gasteiger partial charge in [-0.05, 0) is 68.8 Å². The Morgan fingerprint density at radius 3 is 2.51 bits per heavy atom. The van der Waals surface area contributed by atoms with Crippen LogP contribution in [0.25, 0.3) is 5.69 Å². The number of nitrogens with one attached hydrogen (secondary N) is 1. The number of halogens is 2. The van der Waals surface area contributed by atoms with Gasteiger partial charge >= 0.3 is 0 Å². The molecule has 0 unspecified atom stereocenters. The number of aromatic nitrogens is 2. The van der Waals surface area contributed by atoms with Gasteiger partial charge in [-0.1, -0.05) is 13.8 Å². The van der Waals surface area contributed by atoms with E-state index in [-0.39, 0.29) is 28.5 Å². The van der Waals surface area contributed by atoms with Crippen LogP contribution in [0, 0.1) is 23.0 Å². The van der Waals surface area contributed by atoms with Crippen molar-refractivity contribution < 1.29 is 23.5 Å². The lowest BCUT2D eigenvalue weighted by atomic mass is 9.75. The van der Waals surface area contributed by atoms with Crippen LogP contribution in [-0.4, -0.2) is 38.7 Å². The molecular formula is C26H32F2N4O3. The molecule has 35 heavy (non-hydrogen) atoms. The zero-order valence-corrected chi connectivity index (χ0v) is 20.2. The molecule has 0 saturated heterocycles. The highest BCUT2D eigenvalue weighted by atomic mass is 19.1. The number of aliphatic hydroxyl groups is 1. The molecule has 1 aromatic heterocycles. The Hall–Kier alpha value is -2.81. The van der Waals surface area contributed by atoms with E-state index >= 15 is 8.78 Å². The number of fused-ring (bicyclic) bond motifs is 1. The van der Waals surface area contributed by atoms with Crippen LogP contribution in [-0.2, 0) is 12.8 Å². The second-order valence-electron chi connectivity index (χ2n) is 11.2. The van der Waals surface area contributed by atoms with E-state index in [0.717, 1.165) is 18.9 Å². The van der Waals surface area contributed by atoms with Gasteiger partial charge in [0.15, 0.2) is 17.4 Å². The number of carbonyl (C=O) groups excluding carboxylic acids is 2. The average molecular weight is 487 g/mol. The number of amides is 1. The number of nitrogens with two attached hydrogens (primary N) is 1. The Kier molecular flexibility index (Phi) is 5.94. The Morgan fingerprint density at radius 2 is 1.89 bits per heavy atom. The highest BCUT2D eigenvalue weighted by molar-refractivity contribution is 6.00. The van der Waals surface area contributed by atoms with Gasteiger partial charge in [-0.2, -0.15) is 5.10 Å². The Labute approximate surface area is 203 Å². The van der Waals surface area contributed by atoms with Crippen LogP contribution in [0.5, 0.6) is 0 Å². The lowest BCUT2D eigenvalue weighted by Gasteiger charge is -2.30. The summed E-state index contributed by atoms with van der Waals surface area (Å²) in [6.07, 6.45) is 5.39. The van der Waals surface area contributed by atoms with Gasteiger partial charge in [0.2, 0.25) is 0 Å². The Bertz CT molecular complexity index is 1190. The number of Topliss-reactive ketones (excluding diaryl/α,β-unsaturated/α-hetero) is 1. The molecule has 1 heterocycles. The van der Waals surface area contributed by atoms with Gasteiger partial charge in [0.25, 0.3) is 5.91 Å². The molecule has 2 aromatic rings. The molecule has 3 aliphatic carbocycles. The molecule has 0 radical (unpaired) electrons. The predicted octanol–water partition coefficient (Wildman–Crippen LogP) is 4.07. The summed E-state index contributed by atoms with van der Waals surface area (Å²) in [6.45, 7) is 3.91. The molecule has 4 N–H and O–H groups in total. The highest BCUT2D eigenvalue weighted by Crippen LogP contribution is 2.41. The quantitative estimate of drug-likeness (QED) is 0.570. The number of anilines is 1. The summed E-state index contributed by atoms with van der Waals surface area (Å²) in [6, 6.07) is 0.757. The monoisotopic (exact) mass is 486 g/mol. The fourth-order valence-electron chi connectivity index (χ4n) is 5.51. The zero-order valence-electron chi connectivity index (χ0n) is 20.2. The molecular weight excluding hydrogens is 454 g/mol. The van der Waals surface area contributed by atoms with Crippen molar-refractivity contribution in [2.75, 3.05) is 5.32 Å². The maximum absolute atomic E-state index is 16.1. The maximum atomic E-state index is 16.1. The molecule has 0 bridgehead atoms. The molecule has 0 aliphatic heterocycles. The molecule has 3 aliphatic rings. The summed E-state index contributed by atoms with van der Waals surface area (Å²) < 4.78 is 32.8. The van der Waals surface area contributed by atoms with E-state index in [1.807, 2.05) is 13.8 Å². The number of nitrogens with zero attached hydrogens (tertiary/aromatic N) is 2. The number of aliphatic hydroxyl groups excluding tert-OH is 1. The minimum atomic E-state index is -0.958. The minimum absolute atomic E-state index is 0.0492. The van der Waals surface area contributed by atoms with Gasteiger partial charge in [0.1, 0.15) is 5.69 Å². The number of benzene rings is 1. The topological polar surface area (TPSA) is 110 Å². The van der Waals surface area contributed by atoms with Crippen LogP contribution in [0.4, 0.5) is 14.5 Å². The number of rotatable bonds is 6. The van der Waals surface area contributed by atoms with Gasteiger partial charge in [-0.3, -0.25) is 9.59 Å². The molecule has 1 amide bonds. The molecule has 9 heteroatoms. The normalized spacial score (nSPS) is 23.7. The van der Waals surface area contributed by atoms with Crippen LogP contribution in [0.15, 0.2) is 6.07 Å². The van der Waals surface area contributed by atoms with Crippen LogP contribution >= 0.6 is 0 Å². The molecule has 0 spiro atoms. The molecule has 0 atom stereocenters. The molecule has 7 nitrogen and oxygen atoms in total. The van der Waals surface area contributed by atoms with Crippen molar-refractivity contribution in [3.8, 4) is 5.69 Å². The van der Waals surface area contributed by atoms with Gasteiger partial charge in [-0.25, -0.2) is 13.5 Å². The van der Waals surface area contributed by atoms with Crippen LogP contribution in [0.3, 0.4) is 0 Å². The third-order valence-corrected chi connectivity index (χ3v) is 7.51. The van der Waals surface area contributed by atoms with Crippen molar-refractivity contribution >= 4 is 17.4 Å². The van der Waals surface area contributed by atoms with Crippen molar-refractivity contribution in [3.05, 3.63) is 40.2 Å². The van der Waals surface area contributed by atoms with Crippen molar-refractivity contribution in [2.24, 2.45) is 17.1 Å². The van der Waals surface area contributed by atoms with Crippen molar-refractivity contribution in [1.29, 1.82) is 0 Å². The Balaban J connectivity index is 1.64. The molecule has 2 saturated carbocycles. The second kappa shape index (κ2) is 8.69. The van der Waals surface area contributed by atoms with Gasteiger partial charge in [-0.15, -0.1) is 0 Å². The number of hydrogen-bond acceptors (Lipinski definition) is 5. The molecule has 188 valence electrons. The van der Waals surface area contributed by atoms with Gasteiger partial charge < -0.3 is 16.2 Å². The summed E-state index contributed by atoms with van der Waals surface area (Å²) >= 11 is 0. The lowest BCUT2D eigenvalue weighted by Crippen LogP contribution is -2.31. The molecule has 1 aromatic carbocycles. The van der Waals surface area contributed by atoms with E-state index in [1.54, 1.807) is 0 Å². The lowest BCUT2D eigenvalue weighted by molar-refractivity contribution is 0.0909. The first-order valence-corrected chi connectivity index (χ1v) is 12.4. The van der Waals surface area contributed by atoms with Gasteiger partial charge in [0, 0.05) is 12.5 Å². The SMILES string of the molecule is CC1(C)CC(=O)c2c(CC3CC3)nn(-c3c(F)cc(C(N)=O)c(NC4CCC(O)CC4)c3F)c2C1. The Morgan fingerprint density at radius 1 is 1.20 bits per heavy atom. The van der Waals surface area contributed by atoms with Crippen molar-refractivity contribution in [1.82, 2.24) is 9.78 Å². The highest BCUT2D eigenvalue weighted by Gasteiger charge is 2.39. The van der Waals surface area contributed by atoms with Crippen LogP contribution in [0.1, 0.15) is 90.9 Å². The minimum Gasteiger partial charge on any atom is -0.393 e. The summed E-state index contributed by atoms with van der Waals surface area (Å²) in [5, 5.41) is 17.4. The molecule has 5 rings (SSSR count). The predicted molar refractivity (Wildman–Crippen MR) is 127 cm³/mol. The zero-order chi connectivity index (χ0) is 25.1.